The molecule has 1 aromatic rings. The van der Waals surface area contributed by atoms with Crippen LogP contribution < -0.4 is 5.19 Å². The molecule has 0 N–H and O–H groups in total. The van der Waals surface area contributed by atoms with Crippen molar-refractivity contribution < 1.29 is 9.22 Å². The van der Waals surface area contributed by atoms with Gasteiger partial charge in [0.2, 0.25) is 0 Å². The summed E-state index contributed by atoms with van der Waals surface area (Å²) in [5.41, 5.74) is 2.84. The van der Waals surface area contributed by atoms with Crippen molar-refractivity contribution in [1.82, 2.24) is 0 Å². The standard InChI is InChI=1S/C12H14O2Si/c1-8(2)12(13)14-15-11-7-5-6-9(3)10(11)4/h5-7H,1H2,2-4H3. The summed E-state index contributed by atoms with van der Waals surface area (Å²) in [6.45, 7) is 9.27. The molecule has 1 rings (SSSR count). The summed E-state index contributed by atoms with van der Waals surface area (Å²) in [6, 6.07) is 6.00. The van der Waals surface area contributed by atoms with E-state index in [2.05, 4.69) is 6.58 Å². The molecule has 3 heteroatoms. The summed E-state index contributed by atoms with van der Waals surface area (Å²) in [5, 5.41) is 1.07. The largest absolute Gasteiger partial charge is 0.508 e. The average Bonchev–Trinajstić information content (AvgIpc) is 2.19. The van der Waals surface area contributed by atoms with Crippen LogP contribution in [0.3, 0.4) is 0 Å². The summed E-state index contributed by atoms with van der Waals surface area (Å²) < 4.78 is 5.11. The summed E-state index contributed by atoms with van der Waals surface area (Å²) >= 11 is 0. The second-order valence-electron chi connectivity index (χ2n) is 3.52. The molecule has 2 radical (unpaired) electrons. The van der Waals surface area contributed by atoms with Gasteiger partial charge < -0.3 is 4.43 Å². The minimum absolute atomic E-state index is 0.0625. The van der Waals surface area contributed by atoms with Crippen LogP contribution >= 0.6 is 0 Å². The normalized spacial score (nSPS) is 9.80. The lowest BCUT2D eigenvalue weighted by Gasteiger charge is -2.07. The predicted octanol–water partition coefficient (Wildman–Crippen LogP) is 1.67. The Morgan fingerprint density at radius 2 is 2.07 bits per heavy atom. The minimum atomic E-state index is -0.325. The number of benzene rings is 1. The van der Waals surface area contributed by atoms with Crippen LogP contribution in [0.5, 0.6) is 0 Å². The molecule has 0 atom stereocenters. The molecular weight excluding hydrogens is 204 g/mol. The highest BCUT2D eigenvalue weighted by Gasteiger charge is 2.08. The fourth-order valence-electron chi connectivity index (χ4n) is 1.05. The molecule has 1 aromatic carbocycles. The van der Waals surface area contributed by atoms with Crippen LogP contribution in [0.4, 0.5) is 0 Å². The van der Waals surface area contributed by atoms with Gasteiger partial charge in [0, 0.05) is 5.57 Å². The second kappa shape index (κ2) is 4.93. The van der Waals surface area contributed by atoms with E-state index < -0.39 is 0 Å². The fourth-order valence-corrected chi connectivity index (χ4v) is 1.94. The van der Waals surface area contributed by atoms with Gasteiger partial charge in [0.25, 0.3) is 0 Å². The van der Waals surface area contributed by atoms with Crippen LogP contribution in [0.15, 0.2) is 30.4 Å². The van der Waals surface area contributed by atoms with E-state index in [4.69, 9.17) is 4.43 Å². The fraction of sp³-hybridized carbons (Fsp3) is 0.250. The van der Waals surface area contributed by atoms with Crippen LogP contribution in [0.2, 0.25) is 0 Å². The highest BCUT2D eigenvalue weighted by Crippen LogP contribution is 2.02. The van der Waals surface area contributed by atoms with Crippen LogP contribution in [-0.2, 0) is 9.22 Å². The highest BCUT2D eigenvalue weighted by molar-refractivity contribution is 6.50. The van der Waals surface area contributed by atoms with Crippen molar-refractivity contribution in [2.45, 2.75) is 20.8 Å². The number of aryl methyl sites for hydroxylation is 1. The quantitative estimate of drug-likeness (QED) is 0.570. The molecule has 0 fully saturated rings. The van der Waals surface area contributed by atoms with E-state index in [1.54, 1.807) is 6.92 Å². The SMILES string of the molecule is C=C(C)C(=O)O[Si]c1cccc(C)c1C. The maximum absolute atomic E-state index is 11.2. The van der Waals surface area contributed by atoms with E-state index >= 15 is 0 Å². The number of rotatable bonds is 3. The predicted molar refractivity (Wildman–Crippen MR) is 62.2 cm³/mol. The van der Waals surface area contributed by atoms with Gasteiger partial charge in [-0.1, -0.05) is 24.8 Å². The summed E-state index contributed by atoms with van der Waals surface area (Å²) in [6.07, 6.45) is 0. The molecule has 78 valence electrons. The molecule has 0 aliphatic heterocycles. The van der Waals surface area contributed by atoms with Gasteiger partial charge in [-0.3, -0.25) is 0 Å². The monoisotopic (exact) mass is 218 g/mol. The van der Waals surface area contributed by atoms with E-state index in [1.807, 2.05) is 32.0 Å². The van der Waals surface area contributed by atoms with E-state index in [0.717, 1.165) is 5.19 Å². The van der Waals surface area contributed by atoms with E-state index in [0.29, 0.717) is 5.57 Å². The lowest BCUT2D eigenvalue weighted by atomic mass is 10.1. The molecule has 0 aliphatic carbocycles. The molecule has 0 bridgehead atoms. The summed E-state index contributed by atoms with van der Waals surface area (Å²) in [5.74, 6) is -0.325. The Labute approximate surface area is 92.9 Å². The van der Waals surface area contributed by atoms with Crippen LogP contribution in [0.25, 0.3) is 0 Å². The molecule has 0 heterocycles. The molecule has 0 saturated carbocycles. The van der Waals surface area contributed by atoms with Crippen molar-refractivity contribution >= 4 is 20.9 Å². The Bertz CT molecular complexity index is 397. The highest BCUT2D eigenvalue weighted by atomic mass is 28.2. The molecule has 0 amide bonds. The Morgan fingerprint density at radius 1 is 1.40 bits per heavy atom. The smallest absolute Gasteiger partial charge is 0.356 e. The maximum Gasteiger partial charge on any atom is 0.356 e. The third-order valence-corrected chi connectivity index (χ3v) is 3.26. The molecule has 0 spiro atoms. The zero-order chi connectivity index (χ0) is 11.4. The van der Waals surface area contributed by atoms with Gasteiger partial charge in [-0.25, -0.2) is 4.79 Å². The number of carbonyl (C=O) groups excluding carboxylic acids is 1. The zero-order valence-electron chi connectivity index (χ0n) is 9.26. The van der Waals surface area contributed by atoms with E-state index in [9.17, 15) is 4.79 Å². The zero-order valence-corrected chi connectivity index (χ0v) is 10.3. The number of carbonyl (C=O) groups is 1. The van der Waals surface area contributed by atoms with Gasteiger partial charge in [-0.05, 0) is 37.1 Å². The van der Waals surface area contributed by atoms with Gasteiger partial charge in [0.05, 0.1) is 0 Å². The van der Waals surface area contributed by atoms with Crippen LogP contribution in [0.1, 0.15) is 18.1 Å². The molecule has 0 unspecified atom stereocenters. The number of hydrogen-bond donors (Lipinski definition) is 0. The first-order chi connectivity index (χ1) is 7.02. The van der Waals surface area contributed by atoms with Gasteiger partial charge in [0.15, 0.2) is 0 Å². The first-order valence-corrected chi connectivity index (χ1v) is 5.62. The molecular formula is C12H14O2Si. The third-order valence-electron chi connectivity index (χ3n) is 2.21. The summed E-state index contributed by atoms with van der Waals surface area (Å²) in [4.78, 5) is 11.2. The molecule has 0 saturated heterocycles. The number of hydrogen-bond acceptors (Lipinski definition) is 2. The lowest BCUT2D eigenvalue weighted by molar-refractivity contribution is -0.129. The maximum atomic E-state index is 11.2. The van der Waals surface area contributed by atoms with Crippen LogP contribution in [0, 0.1) is 13.8 Å². The third kappa shape index (κ3) is 3.06. The first kappa shape index (κ1) is 11.7. The first-order valence-electron chi connectivity index (χ1n) is 4.71. The topological polar surface area (TPSA) is 26.3 Å². The van der Waals surface area contributed by atoms with Crippen molar-refractivity contribution in [2.75, 3.05) is 0 Å². The lowest BCUT2D eigenvalue weighted by Crippen LogP contribution is -2.24. The van der Waals surface area contributed by atoms with Crippen LogP contribution in [-0.4, -0.2) is 15.7 Å². The van der Waals surface area contributed by atoms with Crippen molar-refractivity contribution in [3.05, 3.63) is 41.5 Å². The van der Waals surface area contributed by atoms with E-state index in [-0.39, 0.29) is 15.7 Å². The van der Waals surface area contributed by atoms with E-state index in [1.165, 1.54) is 11.1 Å². The van der Waals surface area contributed by atoms with Crippen molar-refractivity contribution in [1.29, 1.82) is 0 Å². The van der Waals surface area contributed by atoms with Gasteiger partial charge in [-0.15, -0.1) is 0 Å². The molecule has 2 nitrogen and oxygen atoms in total. The van der Waals surface area contributed by atoms with Crippen molar-refractivity contribution in [2.24, 2.45) is 0 Å². The minimum Gasteiger partial charge on any atom is -0.508 e. The van der Waals surface area contributed by atoms with Crippen molar-refractivity contribution in [3.8, 4) is 0 Å². The molecule has 0 aromatic heterocycles. The molecule has 0 aliphatic rings. The summed E-state index contributed by atoms with van der Waals surface area (Å²) in [7, 11) is 0.0625. The Balaban J connectivity index is 2.70. The Hall–Kier alpha value is -1.35. The van der Waals surface area contributed by atoms with Gasteiger partial charge in [-0.2, -0.15) is 0 Å². The van der Waals surface area contributed by atoms with Gasteiger partial charge in [0.1, 0.15) is 0 Å². The second-order valence-corrected chi connectivity index (χ2v) is 4.47. The average molecular weight is 218 g/mol. The Morgan fingerprint density at radius 3 is 2.67 bits per heavy atom. The van der Waals surface area contributed by atoms with Gasteiger partial charge >= 0.3 is 15.7 Å². The van der Waals surface area contributed by atoms with Crippen molar-refractivity contribution in [3.63, 3.8) is 0 Å². The molecule has 15 heavy (non-hydrogen) atoms. The Kier molecular flexibility index (Phi) is 3.86.